The maximum absolute atomic E-state index is 6.42. The SMILES string of the molecule is CC1(C)O[C@@H]2[C@@H](CCCc3cccc4ccc(N)nc34)CC(n3ccc4c(N)ncnc43)[C@@H]2O1. The van der Waals surface area contributed by atoms with Crippen molar-refractivity contribution in [3.8, 4) is 0 Å². The molecule has 1 unspecified atom stereocenters. The number of hydrogen-bond acceptors (Lipinski definition) is 7. The van der Waals surface area contributed by atoms with Crippen molar-refractivity contribution >= 4 is 33.6 Å². The highest BCUT2D eigenvalue weighted by molar-refractivity contribution is 5.86. The Morgan fingerprint density at radius 3 is 2.79 bits per heavy atom. The van der Waals surface area contributed by atoms with Crippen molar-refractivity contribution in [3.63, 3.8) is 0 Å². The summed E-state index contributed by atoms with van der Waals surface area (Å²) in [5, 5.41) is 2.01. The number of nitrogens with zero attached hydrogens (tertiary/aromatic N) is 4. The molecule has 2 aliphatic rings. The number of ether oxygens (including phenoxy) is 2. The molecule has 0 spiro atoms. The third-order valence-electron chi connectivity index (χ3n) is 7.30. The number of fused-ring (bicyclic) bond motifs is 3. The molecular weight excluding hydrogens is 428 g/mol. The Morgan fingerprint density at radius 2 is 1.91 bits per heavy atom. The fourth-order valence-electron chi connectivity index (χ4n) is 5.85. The van der Waals surface area contributed by atoms with Crippen LogP contribution in [-0.4, -0.2) is 37.5 Å². The Morgan fingerprint density at radius 1 is 1.06 bits per heavy atom. The van der Waals surface area contributed by atoms with Crippen LogP contribution in [0.5, 0.6) is 0 Å². The first-order chi connectivity index (χ1) is 16.4. The van der Waals surface area contributed by atoms with Crippen molar-refractivity contribution in [3.05, 3.63) is 54.5 Å². The summed E-state index contributed by atoms with van der Waals surface area (Å²) in [7, 11) is 0. The van der Waals surface area contributed by atoms with Gasteiger partial charge in [-0.15, -0.1) is 0 Å². The first-order valence-corrected chi connectivity index (χ1v) is 12.0. The number of pyridine rings is 1. The number of para-hydroxylation sites is 1. The van der Waals surface area contributed by atoms with Crippen LogP contribution in [0.3, 0.4) is 0 Å². The lowest BCUT2D eigenvalue weighted by Gasteiger charge is -2.24. The van der Waals surface area contributed by atoms with E-state index in [0.29, 0.717) is 17.6 Å². The van der Waals surface area contributed by atoms with Crippen LogP contribution < -0.4 is 11.5 Å². The molecule has 1 aliphatic heterocycles. The molecule has 4 heterocycles. The van der Waals surface area contributed by atoms with Gasteiger partial charge in [0.05, 0.1) is 23.0 Å². The topological polar surface area (TPSA) is 114 Å². The average Bonchev–Trinajstić information content (AvgIpc) is 3.46. The number of nitrogen functional groups attached to an aromatic ring is 2. The van der Waals surface area contributed by atoms with E-state index in [1.54, 1.807) is 0 Å². The van der Waals surface area contributed by atoms with Crippen LogP contribution in [0.15, 0.2) is 48.9 Å². The fourth-order valence-corrected chi connectivity index (χ4v) is 5.85. The van der Waals surface area contributed by atoms with Crippen LogP contribution in [0, 0.1) is 5.92 Å². The van der Waals surface area contributed by atoms with E-state index in [2.05, 4.69) is 43.9 Å². The van der Waals surface area contributed by atoms with Gasteiger partial charge >= 0.3 is 0 Å². The molecular formula is C26H30N6O2. The third kappa shape index (κ3) is 3.58. The van der Waals surface area contributed by atoms with Gasteiger partial charge in [-0.1, -0.05) is 18.2 Å². The Balaban J connectivity index is 1.23. The third-order valence-corrected chi connectivity index (χ3v) is 7.30. The molecule has 1 aliphatic carbocycles. The van der Waals surface area contributed by atoms with E-state index in [1.807, 2.05) is 32.0 Å². The van der Waals surface area contributed by atoms with Crippen LogP contribution in [0.1, 0.15) is 44.7 Å². The van der Waals surface area contributed by atoms with Crippen molar-refractivity contribution in [1.82, 2.24) is 19.5 Å². The van der Waals surface area contributed by atoms with Gasteiger partial charge in [0.2, 0.25) is 0 Å². The van der Waals surface area contributed by atoms with Gasteiger partial charge in [0.1, 0.15) is 29.7 Å². The van der Waals surface area contributed by atoms with E-state index < -0.39 is 5.79 Å². The number of anilines is 2. The summed E-state index contributed by atoms with van der Waals surface area (Å²) in [4.78, 5) is 13.2. The monoisotopic (exact) mass is 458 g/mol. The molecule has 0 bridgehead atoms. The summed E-state index contributed by atoms with van der Waals surface area (Å²) in [6.45, 7) is 4.00. The number of benzene rings is 1. The van der Waals surface area contributed by atoms with Crippen molar-refractivity contribution in [2.24, 2.45) is 5.92 Å². The quantitative estimate of drug-likeness (QED) is 0.459. The minimum Gasteiger partial charge on any atom is -0.384 e. The Hall–Kier alpha value is -3.23. The van der Waals surface area contributed by atoms with Gasteiger partial charge in [-0.2, -0.15) is 0 Å². The maximum atomic E-state index is 6.42. The average molecular weight is 459 g/mol. The summed E-state index contributed by atoms with van der Waals surface area (Å²) in [6.07, 6.45) is 7.63. The van der Waals surface area contributed by atoms with Crippen LogP contribution in [0.2, 0.25) is 0 Å². The molecule has 34 heavy (non-hydrogen) atoms. The second-order valence-corrected chi connectivity index (χ2v) is 9.96. The molecule has 1 aromatic carbocycles. The molecule has 1 saturated heterocycles. The predicted octanol–water partition coefficient (Wildman–Crippen LogP) is 4.25. The zero-order valence-electron chi connectivity index (χ0n) is 19.5. The van der Waals surface area contributed by atoms with Gasteiger partial charge in [-0.25, -0.2) is 15.0 Å². The predicted molar refractivity (Wildman–Crippen MR) is 132 cm³/mol. The van der Waals surface area contributed by atoms with Gasteiger partial charge in [0.25, 0.3) is 0 Å². The second-order valence-electron chi connectivity index (χ2n) is 9.96. The summed E-state index contributed by atoms with van der Waals surface area (Å²) in [6, 6.07) is 12.4. The van der Waals surface area contributed by atoms with Crippen molar-refractivity contribution in [1.29, 1.82) is 0 Å². The van der Waals surface area contributed by atoms with E-state index in [0.717, 1.165) is 47.6 Å². The largest absolute Gasteiger partial charge is 0.384 e. The summed E-state index contributed by atoms with van der Waals surface area (Å²) in [5.74, 6) is 0.855. The van der Waals surface area contributed by atoms with E-state index in [1.165, 1.54) is 11.9 Å². The molecule has 4 N–H and O–H groups in total. The van der Waals surface area contributed by atoms with Gasteiger partial charge < -0.3 is 25.5 Å². The molecule has 3 aromatic heterocycles. The zero-order valence-corrected chi connectivity index (χ0v) is 19.5. The molecule has 176 valence electrons. The lowest BCUT2D eigenvalue weighted by atomic mass is 9.95. The standard InChI is InChI=1S/C26H30N6O2/c1-26(2)33-22-17(8-4-6-15-5-3-7-16-9-10-20(27)31-21(15)16)13-19(23(22)34-26)32-12-11-18-24(28)29-14-30-25(18)32/h3,5,7,9-12,14,17,19,22-23H,4,6,8,13H2,1-2H3,(H2,27,31)(H2,28,29,30)/t17-,19?,22+,23-/m0/s1. The first kappa shape index (κ1) is 21.3. The molecule has 6 rings (SSSR count). The van der Waals surface area contributed by atoms with Crippen LogP contribution >= 0.6 is 0 Å². The van der Waals surface area contributed by atoms with Crippen LogP contribution in [0.4, 0.5) is 11.6 Å². The minimum absolute atomic E-state index is 0.0224. The van der Waals surface area contributed by atoms with E-state index >= 15 is 0 Å². The number of aryl methyl sites for hydroxylation is 1. The van der Waals surface area contributed by atoms with Gasteiger partial charge in [-0.05, 0) is 69.2 Å². The van der Waals surface area contributed by atoms with E-state index in [4.69, 9.17) is 20.9 Å². The van der Waals surface area contributed by atoms with E-state index in [9.17, 15) is 0 Å². The maximum Gasteiger partial charge on any atom is 0.163 e. The molecule has 0 amide bonds. The smallest absolute Gasteiger partial charge is 0.163 e. The molecule has 2 fully saturated rings. The molecule has 4 aromatic rings. The van der Waals surface area contributed by atoms with Gasteiger partial charge in [-0.3, -0.25) is 0 Å². The molecule has 8 heteroatoms. The van der Waals surface area contributed by atoms with Crippen molar-refractivity contribution in [2.75, 3.05) is 11.5 Å². The lowest BCUT2D eigenvalue weighted by molar-refractivity contribution is -0.160. The fraction of sp³-hybridized carbons (Fsp3) is 0.423. The number of aromatic nitrogens is 4. The van der Waals surface area contributed by atoms with Gasteiger partial charge in [0.15, 0.2) is 5.79 Å². The highest BCUT2D eigenvalue weighted by Crippen LogP contribution is 2.49. The molecule has 1 saturated carbocycles. The number of hydrogen-bond donors (Lipinski definition) is 2. The molecule has 0 radical (unpaired) electrons. The molecule has 4 atom stereocenters. The van der Waals surface area contributed by atoms with Crippen LogP contribution in [0.25, 0.3) is 21.9 Å². The molecule has 8 nitrogen and oxygen atoms in total. The number of rotatable bonds is 5. The first-order valence-electron chi connectivity index (χ1n) is 12.0. The lowest BCUT2D eigenvalue weighted by Crippen LogP contribution is -2.27. The van der Waals surface area contributed by atoms with E-state index in [-0.39, 0.29) is 18.2 Å². The Bertz CT molecular complexity index is 1370. The number of nitrogens with two attached hydrogens (primary N) is 2. The minimum atomic E-state index is -0.597. The van der Waals surface area contributed by atoms with Crippen molar-refractivity contribution in [2.45, 2.75) is 63.6 Å². The normalized spacial score (nSPS) is 25.8. The Labute approximate surface area is 198 Å². The summed E-state index contributed by atoms with van der Waals surface area (Å²) < 4.78 is 15.0. The second kappa shape index (κ2) is 7.92. The van der Waals surface area contributed by atoms with Crippen LogP contribution in [-0.2, 0) is 15.9 Å². The highest BCUT2D eigenvalue weighted by atomic mass is 16.8. The Kier molecular flexibility index (Phi) is 4.97. The van der Waals surface area contributed by atoms with Crippen molar-refractivity contribution < 1.29 is 9.47 Å². The zero-order chi connectivity index (χ0) is 23.4. The highest BCUT2D eigenvalue weighted by Gasteiger charge is 2.54. The summed E-state index contributed by atoms with van der Waals surface area (Å²) in [5.41, 5.74) is 15.1. The summed E-state index contributed by atoms with van der Waals surface area (Å²) >= 11 is 0. The van der Waals surface area contributed by atoms with Gasteiger partial charge in [0, 0.05) is 11.6 Å².